The number of carbonyl (C=O) groups is 1. The largest absolute Gasteiger partial charge is 0.368 e. The van der Waals surface area contributed by atoms with Crippen LogP contribution in [0.1, 0.15) is 31.4 Å². The maximum absolute atomic E-state index is 13.8. The number of thiocarbonyl (C=S) groups is 1. The van der Waals surface area contributed by atoms with Crippen LogP contribution >= 0.6 is 24.0 Å². The zero-order valence-corrected chi connectivity index (χ0v) is 23.0. The summed E-state index contributed by atoms with van der Waals surface area (Å²) in [6.07, 6.45) is 4.31. The smallest absolute Gasteiger partial charge is 0.267 e. The van der Waals surface area contributed by atoms with E-state index in [1.165, 1.54) is 17.4 Å². The van der Waals surface area contributed by atoms with E-state index in [1.807, 2.05) is 37.3 Å². The Hall–Kier alpha value is -3.17. The van der Waals surface area contributed by atoms with Crippen molar-refractivity contribution in [2.45, 2.75) is 27.2 Å². The monoisotopic (exact) mass is 533 g/mol. The quantitative estimate of drug-likeness (QED) is 0.340. The van der Waals surface area contributed by atoms with Crippen LogP contribution in [-0.2, 0) is 4.79 Å². The van der Waals surface area contributed by atoms with Crippen molar-refractivity contribution in [1.29, 1.82) is 0 Å². The molecule has 37 heavy (non-hydrogen) atoms. The Morgan fingerprint density at radius 2 is 1.73 bits per heavy atom. The van der Waals surface area contributed by atoms with Crippen molar-refractivity contribution < 1.29 is 4.79 Å². The summed E-state index contributed by atoms with van der Waals surface area (Å²) >= 11 is 6.78. The number of piperazine rings is 1. The Morgan fingerprint density at radius 1 is 1.03 bits per heavy atom. The Bertz CT molecular complexity index is 1430. The number of anilines is 2. The van der Waals surface area contributed by atoms with Gasteiger partial charge in [-0.3, -0.25) is 18.9 Å². The summed E-state index contributed by atoms with van der Waals surface area (Å²) in [4.78, 5) is 38.6. The van der Waals surface area contributed by atoms with Gasteiger partial charge in [0.2, 0.25) is 0 Å². The highest BCUT2D eigenvalue weighted by molar-refractivity contribution is 8.26. The Labute approximate surface area is 226 Å². The van der Waals surface area contributed by atoms with E-state index in [2.05, 4.69) is 35.8 Å². The molecule has 2 fully saturated rings. The van der Waals surface area contributed by atoms with Gasteiger partial charge in [-0.25, -0.2) is 4.98 Å². The minimum absolute atomic E-state index is 0.135. The molecule has 0 aliphatic carbocycles. The van der Waals surface area contributed by atoms with Crippen molar-refractivity contribution in [3.05, 3.63) is 75.0 Å². The molecule has 2 aliphatic heterocycles. The molecule has 0 radical (unpaired) electrons. The van der Waals surface area contributed by atoms with Crippen LogP contribution in [-0.4, -0.2) is 57.2 Å². The van der Waals surface area contributed by atoms with Gasteiger partial charge in [0.15, 0.2) is 0 Å². The standard InChI is InChI=1S/C28H31N5O2S2/c1-19(2)11-13-33-27(35)23(37-28(33)36)18-22-25(29-24-20(3)8-7-12-32(24)26(22)34)31-16-14-30(15-17-31)21-9-5-4-6-10-21/h4-10,12,18-19H,11,13-17H2,1-3H3. The molecule has 2 aliphatic rings. The van der Waals surface area contributed by atoms with Crippen LogP contribution in [0.3, 0.4) is 0 Å². The van der Waals surface area contributed by atoms with E-state index >= 15 is 0 Å². The molecular weight excluding hydrogens is 502 g/mol. The Balaban J connectivity index is 1.52. The molecule has 5 rings (SSSR count). The molecule has 0 saturated carbocycles. The van der Waals surface area contributed by atoms with Crippen molar-refractivity contribution in [3.8, 4) is 0 Å². The van der Waals surface area contributed by atoms with Crippen molar-refractivity contribution in [2.75, 3.05) is 42.5 Å². The molecule has 0 bridgehead atoms. The highest BCUT2D eigenvalue weighted by Crippen LogP contribution is 2.34. The summed E-state index contributed by atoms with van der Waals surface area (Å²) in [5.74, 6) is 0.955. The van der Waals surface area contributed by atoms with Gasteiger partial charge in [0.05, 0.1) is 10.5 Å². The van der Waals surface area contributed by atoms with Gasteiger partial charge >= 0.3 is 0 Å². The summed E-state index contributed by atoms with van der Waals surface area (Å²) in [7, 11) is 0. The second kappa shape index (κ2) is 10.7. The average molecular weight is 534 g/mol. The molecular formula is C28H31N5O2S2. The molecule has 2 saturated heterocycles. The van der Waals surface area contributed by atoms with Crippen molar-refractivity contribution in [1.82, 2.24) is 14.3 Å². The number of para-hydroxylation sites is 1. The Kier molecular flexibility index (Phi) is 7.35. The number of pyridine rings is 1. The third kappa shape index (κ3) is 5.15. The number of aromatic nitrogens is 2. The highest BCUT2D eigenvalue weighted by atomic mass is 32.2. The summed E-state index contributed by atoms with van der Waals surface area (Å²) in [5.41, 5.74) is 3.00. The third-order valence-electron chi connectivity index (χ3n) is 6.84. The Morgan fingerprint density at radius 3 is 2.43 bits per heavy atom. The highest BCUT2D eigenvalue weighted by Gasteiger charge is 2.33. The molecule has 0 N–H and O–H groups in total. The lowest BCUT2D eigenvalue weighted by Gasteiger charge is -2.37. The van der Waals surface area contributed by atoms with Crippen LogP contribution in [0.4, 0.5) is 11.5 Å². The number of hydrogen-bond acceptors (Lipinski definition) is 7. The van der Waals surface area contributed by atoms with E-state index in [0.29, 0.717) is 38.7 Å². The van der Waals surface area contributed by atoms with Gasteiger partial charge in [-0.05, 0) is 49.1 Å². The zero-order chi connectivity index (χ0) is 26.1. The molecule has 0 atom stereocenters. The first-order valence-corrected chi connectivity index (χ1v) is 13.9. The van der Waals surface area contributed by atoms with Crippen LogP contribution in [0, 0.1) is 12.8 Å². The van der Waals surface area contributed by atoms with Crippen LogP contribution < -0.4 is 15.4 Å². The van der Waals surface area contributed by atoms with Crippen molar-refractivity contribution in [3.63, 3.8) is 0 Å². The van der Waals surface area contributed by atoms with E-state index < -0.39 is 0 Å². The first-order valence-electron chi connectivity index (χ1n) is 12.7. The number of fused-ring (bicyclic) bond motifs is 1. The lowest BCUT2D eigenvalue weighted by atomic mass is 10.1. The van der Waals surface area contributed by atoms with Gasteiger partial charge in [-0.1, -0.05) is 62.1 Å². The number of hydrogen-bond donors (Lipinski definition) is 0. The normalized spacial score (nSPS) is 17.6. The molecule has 4 heterocycles. The number of amides is 1. The summed E-state index contributed by atoms with van der Waals surface area (Å²) in [6.45, 7) is 9.87. The van der Waals surface area contributed by atoms with Crippen LogP contribution in [0.15, 0.2) is 58.4 Å². The van der Waals surface area contributed by atoms with E-state index in [-0.39, 0.29) is 11.5 Å². The molecule has 192 valence electrons. The van der Waals surface area contributed by atoms with Gasteiger partial charge < -0.3 is 9.80 Å². The molecule has 9 heteroatoms. The van der Waals surface area contributed by atoms with Crippen molar-refractivity contribution >= 4 is 57.4 Å². The van der Waals surface area contributed by atoms with Gasteiger partial charge in [-0.2, -0.15) is 0 Å². The minimum atomic E-state index is -0.179. The fraction of sp³-hybridized carbons (Fsp3) is 0.357. The molecule has 1 aromatic carbocycles. The predicted octanol–water partition coefficient (Wildman–Crippen LogP) is 4.58. The minimum Gasteiger partial charge on any atom is -0.368 e. The van der Waals surface area contributed by atoms with Crippen LogP contribution in [0.5, 0.6) is 0 Å². The summed E-state index contributed by atoms with van der Waals surface area (Å²) in [6, 6.07) is 14.2. The number of carbonyl (C=O) groups excluding carboxylic acids is 1. The van der Waals surface area contributed by atoms with E-state index in [4.69, 9.17) is 17.2 Å². The van der Waals surface area contributed by atoms with Gasteiger partial charge in [0.1, 0.15) is 15.8 Å². The lowest BCUT2D eigenvalue weighted by Crippen LogP contribution is -2.47. The molecule has 0 unspecified atom stereocenters. The number of rotatable bonds is 6. The van der Waals surface area contributed by atoms with Gasteiger partial charge in [0.25, 0.3) is 11.5 Å². The fourth-order valence-corrected chi connectivity index (χ4v) is 5.98. The maximum atomic E-state index is 13.8. The number of nitrogens with zero attached hydrogens (tertiary/aromatic N) is 5. The predicted molar refractivity (Wildman–Crippen MR) is 156 cm³/mol. The lowest BCUT2D eigenvalue weighted by molar-refractivity contribution is -0.122. The van der Waals surface area contributed by atoms with E-state index in [9.17, 15) is 9.59 Å². The fourth-order valence-electron chi connectivity index (χ4n) is 4.69. The second-order valence-electron chi connectivity index (χ2n) is 9.86. The van der Waals surface area contributed by atoms with Gasteiger partial charge in [-0.15, -0.1) is 0 Å². The first-order chi connectivity index (χ1) is 17.8. The van der Waals surface area contributed by atoms with E-state index in [1.54, 1.807) is 21.6 Å². The molecule has 0 spiro atoms. The van der Waals surface area contributed by atoms with Crippen LogP contribution in [0.25, 0.3) is 11.7 Å². The summed E-state index contributed by atoms with van der Waals surface area (Å²) < 4.78 is 2.12. The molecule has 2 aromatic heterocycles. The van der Waals surface area contributed by atoms with E-state index in [0.717, 1.165) is 38.2 Å². The topological polar surface area (TPSA) is 61.2 Å². The van der Waals surface area contributed by atoms with Crippen LogP contribution in [0.2, 0.25) is 0 Å². The maximum Gasteiger partial charge on any atom is 0.267 e. The number of benzene rings is 1. The van der Waals surface area contributed by atoms with Crippen molar-refractivity contribution in [2.24, 2.45) is 5.92 Å². The average Bonchev–Trinajstić information content (AvgIpc) is 3.17. The molecule has 7 nitrogen and oxygen atoms in total. The zero-order valence-electron chi connectivity index (χ0n) is 21.4. The SMILES string of the molecule is Cc1cccn2c(=O)c(C=C3SC(=S)N(CCC(C)C)C3=O)c(N3CCN(c4ccccc4)CC3)nc12. The molecule has 1 amide bonds. The molecule has 3 aromatic rings. The number of aryl methyl sites for hydroxylation is 1. The van der Waals surface area contributed by atoms with Gasteiger partial charge in [0, 0.05) is 44.6 Å². The number of thioether (sulfide) groups is 1. The first kappa shape index (κ1) is 25.5. The third-order valence-corrected chi connectivity index (χ3v) is 8.22. The second-order valence-corrected chi connectivity index (χ2v) is 11.5. The summed E-state index contributed by atoms with van der Waals surface area (Å²) in [5, 5.41) is 0.